The fourth-order valence-electron chi connectivity index (χ4n) is 1.30. The summed E-state index contributed by atoms with van der Waals surface area (Å²) in [6.07, 6.45) is 1.67. The Morgan fingerprint density at radius 2 is 2.11 bits per heavy atom. The second-order valence-electron chi connectivity index (χ2n) is 3.42. The molecule has 1 aromatic carbocycles. The van der Waals surface area contributed by atoms with Crippen molar-refractivity contribution in [3.05, 3.63) is 46.7 Å². The molecule has 0 aromatic heterocycles. The Kier molecular flexibility index (Phi) is 3.42. The van der Waals surface area contributed by atoms with Crippen LogP contribution in [0.25, 0.3) is 0 Å². The summed E-state index contributed by atoms with van der Waals surface area (Å²) in [5.74, 6) is 0.175. The summed E-state index contributed by atoms with van der Waals surface area (Å²) in [5.41, 5.74) is -0.0807. The van der Waals surface area contributed by atoms with Crippen molar-refractivity contribution in [2.45, 2.75) is 6.10 Å². The molecular weight excluding hydrogens is 242 g/mol. The molecule has 0 N–H and O–H groups in total. The third-order valence-electron chi connectivity index (χ3n) is 2.15. The van der Waals surface area contributed by atoms with E-state index in [1.54, 1.807) is 6.08 Å². The molecule has 0 spiro atoms. The normalized spacial score (nSPS) is 17.0. The van der Waals surface area contributed by atoms with Crippen LogP contribution in [0.4, 0.5) is 10.5 Å². The van der Waals surface area contributed by atoms with Gasteiger partial charge in [-0.25, -0.2) is 4.79 Å². The van der Waals surface area contributed by atoms with Crippen molar-refractivity contribution < 1.29 is 23.9 Å². The van der Waals surface area contributed by atoms with E-state index in [0.717, 1.165) is 0 Å². The molecule has 0 saturated heterocycles. The molecule has 0 saturated carbocycles. The zero-order valence-electron chi connectivity index (χ0n) is 9.15. The quantitative estimate of drug-likeness (QED) is 0.353. The number of carbonyl (C=O) groups excluding carboxylic acids is 1. The molecule has 7 heteroatoms. The fourth-order valence-corrected chi connectivity index (χ4v) is 1.30. The lowest BCUT2D eigenvalue weighted by molar-refractivity contribution is -0.384. The second kappa shape index (κ2) is 5.17. The molecule has 1 aliphatic heterocycles. The molecule has 0 aliphatic carbocycles. The monoisotopic (exact) mass is 251 g/mol. The van der Waals surface area contributed by atoms with Gasteiger partial charge < -0.3 is 14.2 Å². The van der Waals surface area contributed by atoms with Crippen LogP contribution in [-0.4, -0.2) is 23.8 Å². The first-order chi connectivity index (χ1) is 8.65. The van der Waals surface area contributed by atoms with Crippen molar-refractivity contribution in [1.82, 2.24) is 0 Å². The minimum absolute atomic E-state index is 0.0807. The van der Waals surface area contributed by atoms with E-state index in [2.05, 4.69) is 0 Å². The van der Waals surface area contributed by atoms with Gasteiger partial charge in [0.25, 0.3) is 5.69 Å². The van der Waals surface area contributed by atoms with Crippen molar-refractivity contribution in [2.24, 2.45) is 0 Å². The Morgan fingerprint density at radius 1 is 1.39 bits per heavy atom. The molecule has 94 valence electrons. The van der Waals surface area contributed by atoms with Crippen molar-refractivity contribution in [3.8, 4) is 5.75 Å². The van der Waals surface area contributed by atoms with Gasteiger partial charge in [0.15, 0.2) is 6.10 Å². The average Bonchev–Trinajstić information content (AvgIpc) is 2.82. The van der Waals surface area contributed by atoms with Gasteiger partial charge in [-0.1, -0.05) is 0 Å². The van der Waals surface area contributed by atoms with E-state index in [9.17, 15) is 14.9 Å². The number of ether oxygens (including phenoxy) is 3. The highest BCUT2D eigenvalue weighted by molar-refractivity contribution is 5.64. The number of nitro benzene ring substituents is 1. The Balaban J connectivity index is 1.90. The van der Waals surface area contributed by atoms with Crippen molar-refractivity contribution in [3.63, 3.8) is 0 Å². The lowest BCUT2D eigenvalue weighted by atomic mass is 10.3. The third-order valence-corrected chi connectivity index (χ3v) is 2.15. The number of nitrogens with zero attached hydrogens (tertiary/aromatic N) is 1. The summed E-state index contributed by atoms with van der Waals surface area (Å²) in [6, 6.07) is 5.11. The van der Waals surface area contributed by atoms with Gasteiger partial charge in [-0.05, 0) is 18.2 Å². The number of hydrogen-bond acceptors (Lipinski definition) is 6. The highest BCUT2D eigenvalue weighted by Gasteiger charge is 2.17. The first-order valence-electron chi connectivity index (χ1n) is 5.06. The summed E-state index contributed by atoms with van der Waals surface area (Å²) in [4.78, 5) is 21.2. The third kappa shape index (κ3) is 2.97. The fraction of sp³-hybridized carbons (Fsp3) is 0.182. The Bertz CT molecular complexity index is 481. The van der Waals surface area contributed by atoms with E-state index in [0.29, 0.717) is 0 Å². The van der Waals surface area contributed by atoms with Gasteiger partial charge >= 0.3 is 6.16 Å². The molecule has 0 fully saturated rings. The number of rotatable bonds is 3. The van der Waals surface area contributed by atoms with Crippen LogP contribution >= 0.6 is 0 Å². The highest BCUT2D eigenvalue weighted by atomic mass is 16.7. The summed E-state index contributed by atoms with van der Waals surface area (Å²) < 4.78 is 14.6. The maximum atomic E-state index is 11.3. The van der Waals surface area contributed by atoms with E-state index in [1.807, 2.05) is 0 Å². The van der Waals surface area contributed by atoms with E-state index in [1.165, 1.54) is 30.5 Å². The maximum absolute atomic E-state index is 11.3. The molecule has 1 atom stereocenters. The maximum Gasteiger partial charge on any atom is 0.514 e. The Labute approximate surface area is 102 Å². The van der Waals surface area contributed by atoms with Crippen LogP contribution in [0.2, 0.25) is 0 Å². The minimum atomic E-state index is -0.885. The van der Waals surface area contributed by atoms with Gasteiger partial charge in [0, 0.05) is 12.1 Å². The van der Waals surface area contributed by atoms with Crippen molar-refractivity contribution >= 4 is 11.8 Å². The first-order valence-corrected chi connectivity index (χ1v) is 5.06. The Morgan fingerprint density at radius 3 is 2.67 bits per heavy atom. The van der Waals surface area contributed by atoms with Gasteiger partial charge in [-0.15, -0.1) is 0 Å². The van der Waals surface area contributed by atoms with Gasteiger partial charge in [-0.2, -0.15) is 0 Å². The molecule has 0 radical (unpaired) electrons. The largest absolute Gasteiger partial charge is 0.514 e. The van der Waals surface area contributed by atoms with Crippen LogP contribution in [0.3, 0.4) is 0 Å². The van der Waals surface area contributed by atoms with Crippen LogP contribution in [-0.2, 0) is 9.47 Å². The van der Waals surface area contributed by atoms with E-state index >= 15 is 0 Å². The average molecular weight is 251 g/mol. The molecule has 0 amide bonds. The molecule has 7 nitrogen and oxygen atoms in total. The molecule has 18 heavy (non-hydrogen) atoms. The van der Waals surface area contributed by atoms with Crippen molar-refractivity contribution in [2.75, 3.05) is 6.61 Å². The summed E-state index contributed by atoms with van der Waals surface area (Å²) in [6.45, 7) is 0.259. The number of hydrogen-bond donors (Lipinski definition) is 0. The predicted molar refractivity (Wildman–Crippen MR) is 59.1 cm³/mol. The van der Waals surface area contributed by atoms with Crippen LogP contribution in [0.5, 0.6) is 5.75 Å². The SMILES string of the molecule is O=C(Oc1ccc([N+](=O)[O-])cc1)OC1C=COC1. The highest BCUT2D eigenvalue weighted by Crippen LogP contribution is 2.18. The molecule has 0 bridgehead atoms. The molecule has 1 heterocycles. The minimum Gasteiger partial charge on any atom is -0.497 e. The lowest BCUT2D eigenvalue weighted by Gasteiger charge is -2.08. The molecule has 2 rings (SSSR count). The van der Waals surface area contributed by atoms with Crippen LogP contribution in [0, 0.1) is 10.1 Å². The first kappa shape index (κ1) is 11.9. The van der Waals surface area contributed by atoms with E-state index in [-0.39, 0.29) is 18.0 Å². The van der Waals surface area contributed by atoms with Gasteiger partial charge in [0.05, 0.1) is 11.2 Å². The molecule has 1 aromatic rings. The number of non-ortho nitro benzene ring substituents is 1. The smallest absolute Gasteiger partial charge is 0.497 e. The number of benzene rings is 1. The number of nitro groups is 1. The Hall–Kier alpha value is -2.57. The lowest BCUT2D eigenvalue weighted by Crippen LogP contribution is -2.20. The molecular formula is C11H9NO6. The zero-order valence-corrected chi connectivity index (χ0v) is 9.15. The van der Waals surface area contributed by atoms with E-state index < -0.39 is 17.2 Å². The van der Waals surface area contributed by atoms with Crippen LogP contribution in [0.1, 0.15) is 0 Å². The molecule has 1 aliphatic rings. The molecule has 1 unspecified atom stereocenters. The van der Waals surface area contributed by atoms with Crippen LogP contribution < -0.4 is 4.74 Å². The van der Waals surface area contributed by atoms with Gasteiger partial charge in [-0.3, -0.25) is 10.1 Å². The summed E-state index contributed by atoms with van der Waals surface area (Å²) in [7, 11) is 0. The van der Waals surface area contributed by atoms with Gasteiger partial charge in [0.1, 0.15) is 12.4 Å². The summed E-state index contributed by atoms with van der Waals surface area (Å²) in [5, 5.41) is 10.4. The van der Waals surface area contributed by atoms with Gasteiger partial charge in [0.2, 0.25) is 0 Å². The second-order valence-corrected chi connectivity index (χ2v) is 3.42. The summed E-state index contributed by atoms with van der Waals surface area (Å²) >= 11 is 0. The topological polar surface area (TPSA) is 87.9 Å². The zero-order chi connectivity index (χ0) is 13.0. The predicted octanol–water partition coefficient (Wildman–Crippen LogP) is 2.02. The standard InChI is InChI=1S/C11H9NO6/c13-11(18-10-5-6-16-7-10)17-9-3-1-8(2-4-9)12(14)15/h1-6,10H,7H2. The van der Waals surface area contributed by atoms with Crippen molar-refractivity contribution in [1.29, 1.82) is 0 Å². The van der Waals surface area contributed by atoms with Crippen LogP contribution in [0.15, 0.2) is 36.6 Å². The number of carbonyl (C=O) groups is 1. The van der Waals surface area contributed by atoms with E-state index in [4.69, 9.17) is 14.2 Å².